The second kappa shape index (κ2) is 8.42. The fourth-order valence-electron chi connectivity index (χ4n) is 2.98. The number of likely N-dealkylation sites (tertiary alicyclic amines) is 1. The van der Waals surface area contributed by atoms with Crippen molar-refractivity contribution in [2.75, 3.05) is 32.7 Å². The largest absolute Gasteiger partial charge is 0.338 e. The molecule has 1 fully saturated rings. The minimum atomic E-state index is 0.198. The molecule has 4 nitrogen and oxygen atoms in total. The first kappa shape index (κ1) is 17.2. The van der Waals surface area contributed by atoms with Crippen LogP contribution in [0.4, 0.5) is 0 Å². The number of nitrogens with zero attached hydrogens (tertiary/aromatic N) is 2. The molecule has 1 aliphatic rings. The molecule has 1 rings (SSSR count). The molecule has 0 spiro atoms. The monoisotopic (exact) mass is 281 g/mol. The summed E-state index contributed by atoms with van der Waals surface area (Å²) in [6, 6.07) is 0.362. The Bertz CT molecular complexity index is 330. The number of nitrogens with two attached hydrogens (primary N) is 1. The third kappa shape index (κ3) is 4.91. The number of carbonyl (C=O) groups is 1. The van der Waals surface area contributed by atoms with Crippen molar-refractivity contribution in [3.8, 4) is 0 Å². The molecule has 20 heavy (non-hydrogen) atoms. The van der Waals surface area contributed by atoms with Crippen LogP contribution in [0.2, 0.25) is 0 Å². The van der Waals surface area contributed by atoms with Crippen molar-refractivity contribution < 1.29 is 4.79 Å². The van der Waals surface area contributed by atoms with Crippen LogP contribution in [0.15, 0.2) is 12.2 Å². The van der Waals surface area contributed by atoms with Crippen LogP contribution in [0.3, 0.4) is 0 Å². The first-order valence-electron chi connectivity index (χ1n) is 7.88. The van der Waals surface area contributed by atoms with Gasteiger partial charge in [0.25, 0.3) is 0 Å². The van der Waals surface area contributed by atoms with E-state index in [2.05, 4.69) is 18.4 Å². The van der Waals surface area contributed by atoms with Gasteiger partial charge >= 0.3 is 0 Å². The number of carbonyl (C=O) groups excluding carboxylic acids is 1. The quantitative estimate of drug-likeness (QED) is 0.725. The van der Waals surface area contributed by atoms with Gasteiger partial charge in [-0.2, -0.15) is 0 Å². The highest BCUT2D eigenvalue weighted by atomic mass is 16.2. The summed E-state index contributed by atoms with van der Waals surface area (Å²) >= 11 is 0. The maximum absolute atomic E-state index is 12.4. The van der Waals surface area contributed by atoms with Crippen LogP contribution in [0.1, 0.15) is 40.0 Å². The zero-order valence-electron chi connectivity index (χ0n) is 13.4. The van der Waals surface area contributed by atoms with Gasteiger partial charge in [-0.25, -0.2) is 0 Å². The predicted molar refractivity (Wildman–Crippen MR) is 84.5 cm³/mol. The van der Waals surface area contributed by atoms with Crippen molar-refractivity contribution in [1.29, 1.82) is 0 Å². The van der Waals surface area contributed by atoms with E-state index >= 15 is 0 Å². The Morgan fingerprint density at radius 3 is 2.65 bits per heavy atom. The number of hydrogen-bond donors (Lipinski definition) is 1. The van der Waals surface area contributed by atoms with Gasteiger partial charge in [-0.1, -0.05) is 25.5 Å². The molecule has 2 unspecified atom stereocenters. The normalized spacial score (nSPS) is 23.6. The number of rotatable bonds is 7. The van der Waals surface area contributed by atoms with Gasteiger partial charge in [0.1, 0.15) is 0 Å². The molecule has 0 aromatic heterocycles. The van der Waals surface area contributed by atoms with Gasteiger partial charge in [0.2, 0.25) is 5.91 Å². The third-order valence-corrected chi connectivity index (χ3v) is 4.33. The molecule has 2 N–H and O–H groups in total. The number of hydrogen-bond acceptors (Lipinski definition) is 3. The van der Waals surface area contributed by atoms with Crippen LogP contribution in [0.25, 0.3) is 0 Å². The lowest BCUT2D eigenvalue weighted by atomic mass is 9.89. The summed E-state index contributed by atoms with van der Waals surface area (Å²) < 4.78 is 0. The minimum absolute atomic E-state index is 0.198. The summed E-state index contributed by atoms with van der Waals surface area (Å²) in [6.07, 6.45) is 3.54. The van der Waals surface area contributed by atoms with Crippen LogP contribution in [-0.4, -0.2) is 54.5 Å². The molecule has 0 aliphatic carbocycles. The lowest BCUT2D eigenvalue weighted by molar-refractivity contribution is -0.133. The third-order valence-electron chi connectivity index (χ3n) is 4.33. The Labute approximate surface area is 124 Å². The lowest BCUT2D eigenvalue weighted by Gasteiger charge is -2.39. The van der Waals surface area contributed by atoms with Crippen LogP contribution in [0, 0.1) is 5.92 Å². The van der Waals surface area contributed by atoms with E-state index in [-0.39, 0.29) is 5.91 Å². The van der Waals surface area contributed by atoms with Gasteiger partial charge in [-0.3, -0.25) is 9.69 Å². The van der Waals surface area contributed by atoms with Crippen molar-refractivity contribution in [2.45, 2.75) is 46.1 Å². The van der Waals surface area contributed by atoms with E-state index in [0.29, 0.717) is 25.7 Å². The van der Waals surface area contributed by atoms with Gasteiger partial charge in [-0.05, 0) is 39.2 Å². The van der Waals surface area contributed by atoms with Gasteiger partial charge in [-0.15, -0.1) is 0 Å². The smallest absolute Gasteiger partial charge is 0.237 e. The van der Waals surface area contributed by atoms with Crippen molar-refractivity contribution in [3.05, 3.63) is 12.2 Å². The number of likely N-dealkylation sites (N-methyl/N-ethyl adjacent to an activating group) is 1. The highest BCUT2D eigenvalue weighted by Crippen LogP contribution is 2.24. The van der Waals surface area contributed by atoms with E-state index in [1.54, 1.807) is 0 Å². The highest BCUT2D eigenvalue weighted by Gasteiger charge is 2.28. The number of piperidine rings is 1. The van der Waals surface area contributed by atoms with E-state index in [9.17, 15) is 4.79 Å². The van der Waals surface area contributed by atoms with Crippen LogP contribution in [-0.2, 0) is 4.79 Å². The van der Waals surface area contributed by atoms with Gasteiger partial charge < -0.3 is 10.6 Å². The molecule has 0 aromatic carbocycles. The first-order chi connectivity index (χ1) is 9.51. The Hall–Kier alpha value is -0.870. The second-order valence-electron chi connectivity index (χ2n) is 6.02. The topological polar surface area (TPSA) is 49.6 Å². The molecule has 0 radical (unpaired) electrons. The van der Waals surface area contributed by atoms with Gasteiger partial charge in [0, 0.05) is 25.7 Å². The Morgan fingerprint density at radius 1 is 1.45 bits per heavy atom. The van der Waals surface area contributed by atoms with Crippen LogP contribution >= 0.6 is 0 Å². The fraction of sp³-hybridized carbons (Fsp3) is 0.812. The molecule has 1 aliphatic heterocycles. The minimum Gasteiger partial charge on any atom is -0.338 e. The zero-order chi connectivity index (χ0) is 15.1. The van der Waals surface area contributed by atoms with Gasteiger partial charge in [0.15, 0.2) is 0 Å². The average Bonchev–Trinajstić information content (AvgIpc) is 2.44. The molecule has 1 saturated heterocycles. The van der Waals surface area contributed by atoms with E-state index in [1.165, 1.54) is 12.8 Å². The first-order valence-corrected chi connectivity index (χ1v) is 7.88. The Kier molecular flexibility index (Phi) is 7.24. The summed E-state index contributed by atoms with van der Waals surface area (Å²) in [5.41, 5.74) is 6.92. The molecular formula is C16H31N3O. The maximum Gasteiger partial charge on any atom is 0.237 e. The van der Waals surface area contributed by atoms with Crippen molar-refractivity contribution in [2.24, 2.45) is 11.7 Å². The van der Waals surface area contributed by atoms with Crippen molar-refractivity contribution in [3.63, 3.8) is 0 Å². The summed E-state index contributed by atoms with van der Waals surface area (Å²) in [4.78, 5) is 16.5. The highest BCUT2D eigenvalue weighted by molar-refractivity contribution is 5.78. The number of amides is 1. The molecule has 0 bridgehead atoms. The SMILES string of the molecule is C=C(C)CN(CC)C(=O)CN1CCC(CC)CC1CN. The molecule has 0 aromatic rings. The summed E-state index contributed by atoms with van der Waals surface area (Å²) in [7, 11) is 0. The molecule has 1 amide bonds. The standard InChI is InChI=1S/C16H31N3O/c1-5-14-7-8-19(15(9-14)10-17)12-16(20)18(6-2)11-13(3)4/h14-15H,3,5-12,17H2,1-2,4H3. The molecule has 0 saturated carbocycles. The average molecular weight is 281 g/mol. The van der Waals surface area contributed by atoms with Crippen LogP contribution < -0.4 is 5.73 Å². The zero-order valence-corrected chi connectivity index (χ0v) is 13.4. The van der Waals surface area contributed by atoms with E-state index in [4.69, 9.17) is 5.73 Å². The molecule has 2 atom stereocenters. The molecule has 116 valence electrons. The van der Waals surface area contributed by atoms with Crippen LogP contribution in [0.5, 0.6) is 0 Å². The van der Waals surface area contributed by atoms with Gasteiger partial charge in [0.05, 0.1) is 6.54 Å². The molecular weight excluding hydrogens is 250 g/mol. The maximum atomic E-state index is 12.4. The molecule has 1 heterocycles. The summed E-state index contributed by atoms with van der Waals surface area (Å²) in [5, 5.41) is 0. The Balaban J connectivity index is 2.57. The summed E-state index contributed by atoms with van der Waals surface area (Å²) in [6.45, 7) is 13.7. The van der Waals surface area contributed by atoms with E-state index < -0.39 is 0 Å². The van der Waals surface area contributed by atoms with E-state index in [1.807, 2.05) is 18.7 Å². The molecule has 4 heteroatoms. The van der Waals surface area contributed by atoms with Crippen molar-refractivity contribution >= 4 is 5.91 Å². The van der Waals surface area contributed by atoms with E-state index in [0.717, 1.165) is 31.0 Å². The fourth-order valence-corrected chi connectivity index (χ4v) is 2.98. The predicted octanol–water partition coefficient (Wildman–Crippen LogP) is 1.86. The summed E-state index contributed by atoms with van der Waals surface area (Å²) in [5.74, 6) is 0.969. The lowest BCUT2D eigenvalue weighted by Crippen LogP contribution is -2.51. The Morgan fingerprint density at radius 2 is 2.15 bits per heavy atom. The second-order valence-corrected chi connectivity index (χ2v) is 6.02. The van der Waals surface area contributed by atoms with Crippen molar-refractivity contribution in [1.82, 2.24) is 9.80 Å².